The molecule has 0 spiro atoms. The first-order chi connectivity index (χ1) is 9.36. The zero-order chi connectivity index (χ0) is 15.2. The molecule has 0 aliphatic rings. The summed E-state index contributed by atoms with van der Waals surface area (Å²) >= 11 is 0. The van der Waals surface area contributed by atoms with Crippen molar-refractivity contribution in [2.24, 2.45) is 11.3 Å². The van der Waals surface area contributed by atoms with Crippen LogP contribution in [0.1, 0.15) is 52.5 Å². The Labute approximate surface area is 124 Å². The lowest BCUT2D eigenvalue weighted by Crippen LogP contribution is -2.43. The third-order valence-corrected chi connectivity index (χ3v) is 4.08. The van der Waals surface area contributed by atoms with Crippen molar-refractivity contribution in [2.45, 2.75) is 53.0 Å². The van der Waals surface area contributed by atoms with Crippen molar-refractivity contribution in [1.82, 2.24) is 5.32 Å². The summed E-state index contributed by atoms with van der Waals surface area (Å²) in [5.41, 5.74) is 1.56. The van der Waals surface area contributed by atoms with Gasteiger partial charge in [0.2, 0.25) is 0 Å². The minimum Gasteiger partial charge on any atom is -0.396 e. The molecule has 0 bridgehead atoms. The summed E-state index contributed by atoms with van der Waals surface area (Å²) in [6.45, 7) is 12.4. The van der Waals surface area contributed by atoms with Crippen molar-refractivity contribution < 1.29 is 5.11 Å². The van der Waals surface area contributed by atoms with Gasteiger partial charge in [-0.3, -0.25) is 0 Å². The van der Waals surface area contributed by atoms with Gasteiger partial charge in [0.1, 0.15) is 0 Å². The molecule has 2 N–H and O–H groups in total. The molecule has 0 aliphatic carbocycles. The van der Waals surface area contributed by atoms with E-state index in [0.717, 1.165) is 13.0 Å². The van der Waals surface area contributed by atoms with E-state index in [9.17, 15) is 5.11 Å². The van der Waals surface area contributed by atoms with Crippen molar-refractivity contribution in [3.63, 3.8) is 0 Å². The van der Waals surface area contributed by atoms with Gasteiger partial charge < -0.3 is 10.4 Å². The Balaban J connectivity index is 2.72. The van der Waals surface area contributed by atoms with Crippen LogP contribution in [0.2, 0.25) is 0 Å². The average Bonchev–Trinajstić information content (AvgIpc) is 2.37. The van der Waals surface area contributed by atoms with E-state index < -0.39 is 0 Å². The second-order valence-corrected chi connectivity index (χ2v) is 7.10. The Morgan fingerprint density at radius 2 is 1.70 bits per heavy atom. The van der Waals surface area contributed by atoms with Crippen LogP contribution in [0.3, 0.4) is 0 Å². The van der Waals surface area contributed by atoms with E-state index in [4.69, 9.17) is 0 Å². The van der Waals surface area contributed by atoms with E-state index in [0.29, 0.717) is 17.9 Å². The van der Waals surface area contributed by atoms with Crippen molar-refractivity contribution in [2.75, 3.05) is 13.2 Å². The first kappa shape index (κ1) is 17.2. The Morgan fingerprint density at radius 1 is 1.10 bits per heavy atom. The van der Waals surface area contributed by atoms with Gasteiger partial charge in [0.15, 0.2) is 0 Å². The number of aliphatic hydroxyl groups excluding tert-OH is 1. The van der Waals surface area contributed by atoms with Gasteiger partial charge >= 0.3 is 0 Å². The van der Waals surface area contributed by atoms with E-state index in [1.54, 1.807) is 0 Å². The maximum atomic E-state index is 9.25. The topological polar surface area (TPSA) is 32.3 Å². The fraction of sp³-hybridized carbons (Fsp3) is 0.667. The molecular weight excluding hydrogens is 246 g/mol. The second kappa shape index (κ2) is 7.80. The average molecular weight is 277 g/mol. The highest BCUT2D eigenvalue weighted by Gasteiger charge is 2.25. The Bertz CT molecular complexity index is 367. The zero-order valence-corrected chi connectivity index (χ0v) is 13.7. The van der Waals surface area contributed by atoms with Gasteiger partial charge in [-0.2, -0.15) is 0 Å². The lowest BCUT2D eigenvalue weighted by molar-refractivity contribution is 0.193. The normalized spacial score (nSPS) is 15.3. The van der Waals surface area contributed by atoms with Crippen LogP contribution in [-0.4, -0.2) is 24.3 Å². The van der Waals surface area contributed by atoms with E-state index in [1.165, 1.54) is 5.56 Å². The number of aliphatic hydroxyl groups is 1. The highest BCUT2D eigenvalue weighted by atomic mass is 16.3. The van der Waals surface area contributed by atoms with Gasteiger partial charge in [0.25, 0.3) is 0 Å². The molecule has 0 saturated heterocycles. The molecule has 114 valence electrons. The van der Waals surface area contributed by atoms with Crippen LogP contribution in [0.25, 0.3) is 0 Å². The smallest absolute Gasteiger partial charge is 0.0446 e. The van der Waals surface area contributed by atoms with E-state index in [1.807, 2.05) is 0 Å². The maximum Gasteiger partial charge on any atom is 0.0446 e. The van der Waals surface area contributed by atoms with Crippen LogP contribution in [-0.2, 0) is 0 Å². The lowest BCUT2D eigenvalue weighted by Gasteiger charge is -2.33. The van der Waals surface area contributed by atoms with Crippen molar-refractivity contribution in [1.29, 1.82) is 0 Å². The van der Waals surface area contributed by atoms with Gasteiger partial charge in [0, 0.05) is 19.2 Å². The summed E-state index contributed by atoms with van der Waals surface area (Å²) < 4.78 is 0. The summed E-state index contributed by atoms with van der Waals surface area (Å²) in [6, 6.07) is 11.1. The molecule has 1 aromatic rings. The third kappa shape index (κ3) is 5.26. The summed E-state index contributed by atoms with van der Waals surface area (Å²) in [6.07, 6.45) is 0.809. The van der Waals surface area contributed by atoms with Gasteiger partial charge in [0.05, 0.1) is 0 Å². The van der Waals surface area contributed by atoms with Crippen LogP contribution >= 0.6 is 0 Å². The molecule has 2 nitrogen and oxygen atoms in total. The lowest BCUT2D eigenvalue weighted by atomic mass is 9.83. The standard InChI is InChI=1S/C18H31NO/c1-14(2)16(15-9-7-6-8-10-15)13-19-17(11-12-20)18(3,4)5/h6-10,14,16-17,19-20H,11-13H2,1-5H3. The third-order valence-electron chi connectivity index (χ3n) is 4.08. The molecule has 1 aromatic carbocycles. The molecule has 20 heavy (non-hydrogen) atoms. The SMILES string of the molecule is CC(C)C(CNC(CCO)C(C)(C)C)c1ccccc1. The number of rotatable bonds is 7. The van der Waals surface area contributed by atoms with Crippen LogP contribution in [0.4, 0.5) is 0 Å². The number of hydrogen-bond acceptors (Lipinski definition) is 2. The van der Waals surface area contributed by atoms with Gasteiger partial charge in [-0.05, 0) is 29.2 Å². The van der Waals surface area contributed by atoms with E-state index in [2.05, 4.69) is 70.3 Å². The molecule has 1 rings (SSSR count). The highest BCUT2D eigenvalue weighted by Crippen LogP contribution is 2.26. The Hall–Kier alpha value is -0.860. The fourth-order valence-corrected chi connectivity index (χ4v) is 2.68. The minimum atomic E-state index is 0.168. The van der Waals surface area contributed by atoms with Crippen molar-refractivity contribution >= 4 is 0 Å². The van der Waals surface area contributed by atoms with Gasteiger partial charge in [-0.1, -0.05) is 65.0 Å². The maximum absolute atomic E-state index is 9.25. The molecular formula is C18H31NO. The van der Waals surface area contributed by atoms with Crippen LogP contribution < -0.4 is 5.32 Å². The number of nitrogens with one attached hydrogen (secondary N) is 1. The van der Waals surface area contributed by atoms with Crippen LogP contribution in [0.15, 0.2) is 30.3 Å². The zero-order valence-electron chi connectivity index (χ0n) is 13.7. The molecule has 0 heterocycles. The summed E-state index contributed by atoms with van der Waals surface area (Å²) in [4.78, 5) is 0. The first-order valence-electron chi connectivity index (χ1n) is 7.75. The quantitative estimate of drug-likeness (QED) is 0.794. The van der Waals surface area contributed by atoms with Crippen LogP contribution in [0.5, 0.6) is 0 Å². The second-order valence-electron chi connectivity index (χ2n) is 7.10. The predicted molar refractivity (Wildman–Crippen MR) is 87.0 cm³/mol. The molecule has 0 aliphatic heterocycles. The molecule has 2 atom stereocenters. The summed E-state index contributed by atoms with van der Waals surface area (Å²) in [5.74, 6) is 1.11. The number of benzene rings is 1. The molecule has 0 amide bonds. The molecule has 0 radical (unpaired) electrons. The van der Waals surface area contributed by atoms with Gasteiger partial charge in [-0.25, -0.2) is 0 Å². The molecule has 2 unspecified atom stereocenters. The largest absolute Gasteiger partial charge is 0.396 e. The molecule has 0 aromatic heterocycles. The highest BCUT2D eigenvalue weighted by molar-refractivity contribution is 5.20. The molecule has 0 saturated carbocycles. The summed E-state index contributed by atoms with van der Waals surface area (Å²) in [5, 5.41) is 12.9. The van der Waals surface area contributed by atoms with Crippen molar-refractivity contribution in [3.05, 3.63) is 35.9 Å². The molecule has 0 fully saturated rings. The minimum absolute atomic E-state index is 0.168. The van der Waals surface area contributed by atoms with E-state index >= 15 is 0 Å². The monoisotopic (exact) mass is 277 g/mol. The number of hydrogen-bond donors (Lipinski definition) is 2. The fourth-order valence-electron chi connectivity index (χ4n) is 2.68. The first-order valence-corrected chi connectivity index (χ1v) is 7.75. The molecule has 2 heteroatoms. The Morgan fingerprint density at radius 3 is 2.15 bits per heavy atom. The van der Waals surface area contributed by atoms with Gasteiger partial charge in [-0.15, -0.1) is 0 Å². The van der Waals surface area contributed by atoms with Crippen LogP contribution in [0, 0.1) is 11.3 Å². The Kier molecular flexibility index (Phi) is 6.70. The summed E-state index contributed by atoms with van der Waals surface area (Å²) in [7, 11) is 0. The van der Waals surface area contributed by atoms with Crippen molar-refractivity contribution in [3.8, 4) is 0 Å². The predicted octanol–water partition coefficient (Wildman–Crippen LogP) is 3.81. The van der Waals surface area contributed by atoms with E-state index in [-0.39, 0.29) is 12.0 Å².